The van der Waals surface area contributed by atoms with Crippen molar-refractivity contribution in [3.8, 4) is 17.6 Å². The highest BCUT2D eigenvalue weighted by molar-refractivity contribution is 9.09. The van der Waals surface area contributed by atoms with Gasteiger partial charge >= 0.3 is 6.18 Å². The normalized spacial score (nSPS) is 10.5. The summed E-state index contributed by atoms with van der Waals surface area (Å²) in [5, 5.41) is 0.555. The summed E-state index contributed by atoms with van der Waals surface area (Å²) < 4.78 is 40.1. The minimum Gasteiger partial charge on any atom is -0.484 e. The standard InChI is InChI=1S/C11H8BrF3O/c12-7-1-2-9-3-5-10(6-4-9)16-8-11(13,14)15/h3-6H,7-8H2. The van der Waals surface area contributed by atoms with Crippen LogP contribution in [0.1, 0.15) is 5.56 Å². The summed E-state index contributed by atoms with van der Waals surface area (Å²) >= 11 is 3.14. The second kappa shape index (κ2) is 5.80. The summed E-state index contributed by atoms with van der Waals surface area (Å²) in [6, 6.07) is 6.15. The lowest BCUT2D eigenvalue weighted by atomic mass is 10.2. The zero-order chi connectivity index (χ0) is 12.0. The van der Waals surface area contributed by atoms with Crippen molar-refractivity contribution < 1.29 is 17.9 Å². The minimum atomic E-state index is -4.31. The molecule has 5 heteroatoms. The number of halogens is 4. The van der Waals surface area contributed by atoms with E-state index >= 15 is 0 Å². The molecule has 1 aromatic carbocycles. The minimum absolute atomic E-state index is 0.182. The van der Waals surface area contributed by atoms with E-state index in [0.29, 0.717) is 5.33 Å². The van der Waals surface area contributed by atoms with E-state index in [0.717, 1.165) is 5.56 Å². The van der Waals surface area contributed by atoms with Crippen LogP contribution >= 0.6 is 15.9 Å². The van der Waals surface area contributed by atoms with Gasteiger partial charge in [-0.3, -0.25) is 0 Å². The molecular formula is C11H8BrF3O. The molecular weight excluding hydrogens is 285 g/mol. The molecule has 0 aliphatic heterocycles. The highest BCUT2D eigenvalue weighted by Gasteiger charge is 2.28. The molecule has 1 nitrogen and oxygen atoms in total. The predicted octanol–water partition coefficient (Wildman–Crippen LogP) is 3.37. The molecule has 0 fully saturated rings. The molecule has 1 aromatic rings. The van der Waals surface area contributed by atoms with E-state index in [9.17, 15) is 13.2 Å². The van der Waals surface area contributed by atoms with Gasteiger partial charge in [-0.25, -0.2) is 0 Å². The van der Waals surface area contributed by atoms with Crippen LogP contribution in [0.25, 0.3) is 0 Å². The number of hydrogen-bond acceptors (Lipinski definition) is 1. The van der Waals surface area contributed by atoms with Crippen LogP contribution in [0.5, 0.6) is 5.75 Å². The van der Waals surface area contributed by atoms with E-state index in [-0.39, 0.29) is 5.75 Å². The predicted molar refractivity (Wildman–Crippen MR) is 58.7 cm³/mol. The first-order valence-electron chi connectivity index (χ1n) is 4.36. The van der Waals surface area contributed by atoms with Gasteiger partial charge in [0.15, 0.2) is 6.61 Å². The van der Waals surface area contributed by atoms with Crippen molar-refractivity contribution in [3.63, 3.8) is 0 Å². The zero-order valence-corrected chi connectivity index (χ0v) is 9.73. The Morgan fingerprint density at radius 2 is 1.81 bits per heavy atom. The van der Waals surface area contributed by atoms with Gasteiger partial charge in [0.25, 0.3) is 0 Å². The summed E-state index contributed by atoms with van der Waals surface area (Å²) in [7, 11) is 0. The van der Waals surface area contributed by atoms with E-state index < -0.39 is 12.8 Å². The summed E-state index contributed by atoms with van der Waals surface area (Å²) in [5.41, 5.74) is 0.735. The average Bonchev–Trinajstić information content (AvgIpc) is 2.24. The Labute approximate surface area is 99.7 Å². The van der Waals surface area contributed by atoms with Crippen LogP contribution in [0, 0.1) is 11.8 Å². The van der Waals surface area contributed by atoms with E-state index in [1.165, 1.54) is 12.1 Å². The highest BCUT2D eigenvalue weighted by Crippen LogP contribution is 2.18. The summed E-state index contributed by atoms with van der Waals surface area (Å²) in [6.07, 6.45) is -4.31. The van der Waals surface area contributed by atoms with Gasteiger partial charge in [-0.15, -0.1) is 0 Å². The summed E-state index contributed by atoms with van der Waals surface area (Å²) in [6.45, 7) is -1.28. The Balaban J connectivity index is 2.58. The van der Waals surface area contributed by atoms with Crippen LogP contribution in [0.15, 0.2) is 24.3 Å². The molecule has 0 spiro atoms. The van der Waals surface area contributed by atoms with Crippen molar-refractivity contribution in [3.05, 3.63) is 29.8 Å². The highest BCUT2D eigenvalue weighted by atomic mass is 79.9. The number of hydrogen-bond donors (Lipinski definition) is 0. The number of ether oxygens (including phenoxy) is 1. The second-order valence-corrected chi connectivity index (χ2v) is 3.42. The second-order valence-electron chi connectivity index (χ2n) is 2.86. The number of alkyl halides is 4. The van der Waals surface area contributed by atoms with E-state index in [1.807, 2.05) is 0 Å². The molecule has 0 amide bonds. The maximum absolute atomic E-state index is 11.8. The zero-order valence-electron chi connectivity index (χ0n) is 8.14. The maximum Gasteiger partial charge on any atom is 0.422 e. The third-order valence-corrected chi connectivity index (χ3v) is 1.84. The number of benzene rings is 1. The molecule has 0 aliphatic carbocycles. The third kappa shape index (κ3) is 5.08. The molecule has 0 atom stereocenters. The molecule has 0 saturated carbocycles. The van der Waals surface area contributed by atoms with Gasteiger partial charge in [0.05, 0.1) is 5.33 Å². The fraction of sp³-hybridized carbons (Fsp3) is 0.273. The van der Waals surface area contributed by atoms with Crippen molar-refractivity contribution in [2.24, 2.45) is 0 Å². The largest absolute Gasteiger partial charge is 0.484 e. The van der Waals surface area contributed by atoms with E-state index in [4.69, 9.17) is 0 Å². The molecule has 0 aliphatic rings. The summed E-state index contributed by atoms with van der Waals surface area (Å²) in [4.78, 5) is 0. The lowest BCUT2D eigenvalue weighted by molar-refractivity contribution is -0.153. The van der Waals surface area contributed by atoms with Crippen LogP contribution in [0.4, 0.5) is 13.2 Å². The first-order chi connectivity index (χ1) is 7.51. The molecule has 1 rings (SSSR count). The molecule has 86 valence electrons. The van der Waals surface area contributed by atoms with Gasteiger partial charge in [-0.1, -0.05) is 27.8 Å². The van der Waals surface area contributed by atoms with Gasteiger partial charge in [-0.2, -0.15) is 13.2 Å². The van der Waals surface area contributed by atoms with Crippen LogP contribution in [-0.2, 0) is 0 Å². The lowest BCUT2D eigenvalue weighted by Crippen LogP contribution is -2.19. The molecule has 0 unspecified atom stereocenters. The van der Waals surface area contributed by atoms with E-state index in [2.05, 4.69) is 32.5 Å². The van der Waals surface area contributed by atoms with Crippen LogP contribution in [-0.4, -0.2) is 18.1 Å². The van der Waals surface area contributed by atoms with Crippen LogP contribution in [0.3, 0.4) is 0 Å². The molecule has 0 bridgehead atoms. The van der Waals surface area contributed by atoms with Gasteiger partial charge < -0.3 is 4.74 Å². The Bertz CT molecular complexity index is 386. The first kappa shape index (κ1) is 12.9. The molecule has 0 N–H and O–H groups in total. The summed E-state index contributed by atoms with van der Waals surface area (Å²) in [5.74, 6) is 5.79. The van der Waals surface area contributed by atoms with Crippen molar-refractivity contribution in [2.75, 3.05) is 11.9 Å². The van der Waals surface area contributed by atoms with Crippen molar-refractivity contribution >= 4 is 15.9 Å². The fourth-order valence-corrected chi connectivity index (χ4v) is 1.08. The Morgan fingerprint density at radius 1 is 1.19 bits per heavy atom. The van der Waals surface area contributed by atoms with Gasteiger partial charge in [0, 0.05) is 5.56 Å². The maximum atomic E-state index is 11.8. The van der Waals surface area contributed by atoms with Gasteiger partial charge in [0.2, 0.25) is 0 Å². The Kier molecular flexibility index (Phi) is 4.69. The van der Waals surface area contributed by atoms with Crippen molar-refractivity contribution in [2.45, 2.75) is 6.18 Å². The van der Waals surface area contributed by atoms with Crippen molar-refractivity contribution in [1.82, 2.24) is 0 Å². The van der Waals surface area contributed by atoms with Crippen LogP contribution in [0.2, 0.25) is 0 Å². The van der Waals surface area contributed by atoms with Gasteiger partial charge in [-0.05, 0) is 24.3 Å². The van der Waals surface area contributed by atoms with Gasteiger partial charge in [0.1, 0.15) is 5.75 Å². The topological polar surface area (TPSA) is 9.23 Å². The Morgan fingerprint density at radius 3 is 2.31 bits per heavy atom. The molecule has 16 heavy (non-hydrogen) atoms. The smallest absolute Gasteiger partial charge is 0.422 e. The average molecular weight is 293 g/mol. The molecule has 0 heterocycles. The first-order valence-corrected chi connectivity index (χ1v) is 5.48. The Hall–Kier alpha value is -1.15. The number of rotatable bonds is 2. The SMILES string of the molecule is FC(F)(F)COc1ccc(C#CCBr)cc1. The van der Waals surface area contributed by atoms with E-state index in [1.54, 1.807) is 12.1 Å². The quantitative estimate of drug-likeness (QED) is 0.600. The third-order valence-electron chi connectivity index (χ3n) is 1.56. The molecule has 0 radical (unpaired) electrons. The fourth-order valence-electron chi connectivity index (χ4n) is 0.935. The van der Waals surface area contributed by atoms with Crippen LogP contribution < -0.4 is 4.74 Å². The molecule has 0 aromatic heterocycles. The molecule has 0 saturated heterocycles. The lowest BCUT2D eigenvalue weighted by Gasteiger charge is -2.08. The monoisotopic (exact) mass is 292 g/mol. The van der Waals surface area contributed by atoms with Crippen molar-refractivity contribution in [1.29, 1.82) is 0 Å².